The Hall–Kier alpha value is -2.14. The maximum absolute atomic E-state index is 11.0. The number of carboxylic acid groups (broad SMARTS) is 1. The molecule has 0 aliphatic carbocycles. The van der Waals surface area contributed by atoms with Gasteiger partial charge in [-0.1, -0.05) is 12.1 Å². The lowest BCUT2D eigenvalue weighted by Crippen LogP contribution is -2.36. The fraction of sp³-hybridized carbons (Fsp3) is 0.375. The number of pyridine rings is 1. The highest BCUT2D eigenvalue weighted by molar-refractivity contribution is 5.90. The van der Waals surface area contributed by atoms with Crippen LogP contribution in [0.5, 0.6) is 0 Å². The Kier molecular flexibility index (Phi) is 3.75. The summed E-state index contributed by atoms with van der Waals surface area (Å²) in [6.07, 6.45) is 2.37. The van der Waals surface area contributed by atoms with Gasteiger partial charge in [0.2, 0.25) is 0 Å². The predicted octanol–water partition coefficient (Wildman–Crippen LogP) is 2.55. The Morgan fingerprint density at radius 2 is 2.00 bits per heavy atom. The van der Waals surface area contributed by atoms with Crippen molar-refractivity contribution in [3.8, 4) is 0 Å². The van der Waals surface area contributed by atoms with Crippen LogP contribution >= 0.6 is 0 Å². The summed E-state index contributed by atoms with van der Waals surface area (Å²) in [7, 11) is 1.76. The first-order chi connectivity index (χ1) is 10.2. The maximum Gasteiger partial charge on any atom is 0.354 e. The molecule has 1 aliphatic rings. The van der Waals surface area contributed by atoms with Crippen molar-refractivity contribution >= 4 is 22.6 Å². The lowest BCUT2D eigenvalue weighted by atomic mass is 10.1. The molecule has 1 fully saturated rings. The molecule has 110 valence electrons. The number of aromatic carboxylic acids is 1. The first kappa shape index (κ1) is 13.8. The standard InChI is InChI=1S/C16H18N2O3/c1-21-13-6-8-18(9-7-13)12-4-2-11-3-5-14(16(19)20)17-15(11)10-12/h2-5,10,13H,6-9H2,1H3,(H,19,20). The van der Waals surface area contributed by atoms with Crippen LogP contribution in [0.4, 0.5) is 5.69 Å². The predicted molar refractivity (Wildman–Crippen MR) is 80.9 cm³/mol. The minimum absolute atomic E-state index is 0.0812. The summed E-state index contributed by atoms with van der Waals surface area (Å²) in [6.45, 7) is 1.89. The summed E-state index contributed by atoms with van der Waals surface area (Å²) in [5.41, 5.74) is 1.89. The van der Waals surface area contributed by atoms with E-state index in [1.165, 1.54) is 6.07 Å². The number of aromatic nitrogens is 1. The molecule has 0 amide bonds. The van der Waals surface area contributed by atoms with Crippen molar-refractivity contribution in [3.63, 3.8) is 0 Å². The highest BCUT2D eigenvalue weighted by Crippen LogP contribution is 2.25. The third-order valence-electron chi connectivity index (χ3n) is 4.04. The number of piperidine rings is 1. The van der Waals surface area contributed by atoms with Crippen molar-refractivity contribution in [1.82, 2.24) is 4.98 Å². The van der Waals surface area contributed by atoms with Gasteiger partial charge in [0.15, 0.2) is 0 Å². The molecule has 5 heteroatoms. The van der Waals surface area contributed by atoms with Crippen molar-refractivity contribution in [2.45, 2.75) is 18.9 Å². The van der Waals surface area contributed by atoms with Gasteiger partial charge in [-0.05, 0) is 31.0 Å². The minimum Gasteiger partial charge on any atom is -0.477 e. The molecule has 1 aromatic carbocycles. The lowest BCUT2D eigenvalue weighted by molar-refractivity contribution is 0.0691. The number of ether oxygens (including phenoxy) is 1. The molecular formula is C16H18N2O3. The Morgan fingerprint density at radius 1 is 1.29 bits per heavy atom. The fourth-order valence-electron chi connectivity index (χ4n) is 2.77. The Morgan fingerprint density at radius 3 is 2.67 bits per heavy atom. The molecule has 3 rings (SSSR count). The average molecular weight is 286 g/mol. The molecule has 0 unspecified atom stereocenters. The second kappa shape index (κ2) is 5.69. The second-order valence-electron chi connectivity index (χ2n) is 5.30. The molecule has 1 N–H and O–H groups in total. The van der Waals surface area contributed by atoms with E-state index in [4.69, 9.17) is 9.84 Å². The van der Waals surface area contributed by atoms with Crippen LogP contribution in [0.15, 0.2) is 30.3 Å². The van der Waals surface area contributed by atoms with Gasteiger partial charge in [-0.25, -0.2) is 9.78 Å². The van der Waals surface area contributed by atoms with E-state index < -0.39 is 5.97 Å². The van der Waals surface area contributed by atoms with Gasteiger partial charge in [0.1, 0.15) is 5.69 Å². The summed E-state index contributed by atoms with van der Waals surface area (Å²) < 4.78 is 5.38. The molecule has 0 saturated carbocycles. The molecule has 0 radical (unpaired) electrons. The molecule has 0 spiro atoms. The van der Waals surface area contributed by atoms with Crippen LogP contribution in [-0.4, -0.2) is 42.4 Å². The molecule has 1 aromatic heterocycles. The van der Waals surface area contributed by atoms with E-state index in [9.17, 15) is 4.79 Å². The van der Waals surface area contributed by atoms with Crippen LogP contribution in [0.25, 0.3) is 10.9 Å². The van der Waals surface area contributed by atoms with Crippen molar-refractivity contribution in [2.75, 3.05) is 25.1 Å². The number of hydrogen-bond acceptors (Lipinski definition) is 4. The number of carboxylic acids is 1. The summed E-state index contributed by atoms with van der Waals surface area (Å²) >= 11 is 0. The van der Waals surface area contributed by atoms with Crippen molar-refractivity contribution < 1.29 is 14.6 Å². The van der Waals surface area contributed by atoms with Gasteiger partial charge in [-0.2, -0.15) is 0 Å². The molecule has 0 bridgehead atoms. The summed E-state index contributed by atoms with van der Waals surface area (Å²) in [5, 5.41) is 9.99. The van der Waals surface area contributed by atoms with Gasteiger partial charge in [0.05, 0.1) is 11.6 Å². The molecule has 5 nitrogen and oxygen atoms in total. The Labute approximate surface area is 123 Å². The lowest BCUT2D eigenvalue weighted by Gasteiger charge is -2.33. The van der Waals surface area contributed by atoms with Crippen molar-refractivity contribution in [3.05, 3.63) is 36.0 Å². The Bertz CT molecular complexity index is 664. The monoisotopic (exact) mass is 286 g/mol. The van der Waals surface area contributed by atoms with Crippen LogP contribution in [0.2, 0.25) is 0 Å². The van der Waals surface area contributed by atoms with Gasteiger partial charge in [0, 0.05) is 31.3 Å². The molecular weight excluding hydrogens is 268 g/mol. The van der Waals surface area contributed by atoms with Crippen LogP contribution in [0.1, 0.15) is 23.3 Å². The first-order valence-corrected chi connectivity index (χ1v) is 7.09. The first-order valence-electron chi connectivity index (χ1n) is 7.09. The van der Waals surface area contributed by atoms with Gasteiger partial charge in [0.25, 0.3) is 0 Å². The number of hydrogen-bond donors (Lipinski definition) is 1. The molecule has 0 atom stereocenters. The number of benzene rings is 1. The minimum atomic E-state index is -0.997. The van der Waals surface area contributed by atoms with E-state index in [-0.39, 0.29) is 5.69 Å². The quantitative estimate of drug-likeness (QED) is 0.939. The number of fused-ring (bicyclic) bond motifs is 1. The van der Waals surface area contributed by atoms with E-state index in [1.54, 1.807) is 13.2 Å². The third-order valence-corrected chi connectivity index (χ3v) is 4.04. The summed E-state index contributed by atoms with van der Waals surface area (Å²) in [6, 6.07) is 9.36. The van der Waals surface area contributed by atoms with Gasteiger partial charge >= 0.3 is 5.97 Å². The Balaban J connectivity index is 1.88. The topological polar surface area (TPSA) is 62.7 Å². The second-order valence-corrected chi connectivity index (χ2v) is 5.30. The zero-order valence-electron chi connectivity index (χ0n) is 12.0. The van der Waals surface area contributed by atoms with Crippen LogP contribution in [-0.2, 0) is 4.74 Å². The van der Waals surface area contributed by atoms with Crippen LogP contribution < -0.4 is 4.90 Å². The largest absolute Gasteiger partial charge is 0.477 e. The number of rotatable bonds is 3. The van der Waals surface area contributed by atoms with E-state index in [1.807, 2.05) is 12.1 Å². The normalized spacial score (nSPS) is 16.3. The van der Waals surface area contributed by atoms with Gasteiger partial charge in [-0.3, -0.25) is 0 Å². The maximum atomic E-state index is 11.0. The van der Waals surface area contributed by atoms with E-state index in [2.05, 4.69) is 16.0 Å². The fourth-order valence-corrected chi connectivity index (χ4v) is 2.77. The zero-order valence-corrected chi connectivity index (χ0v) is 12.0. The van der Waals surface area contributed by atoms with Crippen molar-refractivity contribution in [1.29, 1.82) is 0 Å². The number of nitrogens with zero attached hydrogens (tertiary/aromatic N) is 2. The van der Waals surface area contributed by atoms with Crippen LogP contribution in [0, 0.1) is 0 Å². The zero-order chi connectivity index (χ0) is 14.8. The SMILES string of the molecule is COC1CCN(c2ccc3ccc(C(=O)O)nc3c2)CC1. The van der Waals surface area contributed by atoms with E-state index in [0.717, 1.165) is 42.5 Å². The highest BCUT2D eigenvalue weighted by Gasteiger charge is 2.19. The van der Waals surface area contributed by atoms with Gasteiger partial charge < -0.3 is 14.7 Å². The highest BCUT2D eigenvalue weighted by atomic mass is 16.5. The third kappa shape index (κ3) is 2.83. The molecule has 1 saturated heterocycles. The average Bonchev–Trinajstić information content (AvgIpc) is 2.54. The number of anilines is 1. The van der Waals surface area contributed by atoms with E-state index >= 15 is 0 Å². The molecule has 21 heavy (non-hydrogen) atoms. The van der Waals surface area contributed by atoms with E-state index in [0.29, 0.717) is 6.10 Å². The van der Waals surface area contributed by atoms with Crippen molar-refractivity contribution in [2.24, 2.45) is 0 Å². The molecule has 1 aliphatic heterocycles. The summed E-state index contributed by atoms with van der Waals surface area (Å²) in [5.74, 6) is -0.997. The van der Waals surface area contributed by atoms with Crippen LogP contribution in [0.3, 0.4) is 0 Å². The number of carbonyl (C=O) groups is 1. The van der Waals surface area contributed by atoms with Gasteiger partial charge in [-0.15, -0.1) is 0 Å². The smallest absolute Gasteiger partial charge is 0.354 e. The summed E-state index contributed by atoms with van der Waals surface area (Å²) in [4.78, 5) is 17.5. The molecule has 2 aromatic rings. The number of methoxy groups -OCH3 is 1. The molecule has 2 heterocycles.